The number of halogens is 3. The normalized spacial score (nSPS) is 22.7. The average Bonchev–Trinajstić information content (AvgIpc) is 3.23. The maximum absolute atomic E-state index is 14.6. The largest absolute Gasteiger partial charge is 0.478 e. The predicted octanol–water partition coefficient (Wildman–Crippen LogP) is 7.50. The van der Waals surface area contributed by atoms with Gasteiger partial charge in [-0.25, -0.2) is 19.0 Å². The van der Waals surface area contributed by atoms with E-state index < -0.39 is 17.8 Å². The van der Waals surface area contributed by atoms with Gasteiger partial charge in [-0.1, -0.05) is 52.7 Å². The molecule has 1 N–H and O–H groups in total. The van der Waals surface area contributed by atoms with E-state index in [1.807, 2.05) is 6.92 Å². The molecule has 212 valence electrons. The van der Waals surface area contributed by atoms with Crippen molar-refractivity contribution in [3.8, 4) is 11.3 Å². The van der Waals surface area contributed by atoms with Gasteiger partial charge in [-0.2, -0.15) is 0 Å². The summed E-state index contributed by atoms with van der Waals surface area (Å²) in [4.78, 5) is 31.9. The van der Waals surface area contributed by atoms with Crippen molar-refractivity contribution in [3.63, 3.8) is 0 Å². The second-order valence-electron chi connectivity index (χ2n) is 11.3. The molecule has 41 heavy (non-hydrogen) atoms. The number of nitrogens with zero attached hydrogens (tertiary/aromatic N) is 3. The molecule has 7 rings (SSSR count). The molecule has 2 aromatic carbocycles. The van der Waals surface area contributed by atoms with Crippen LogP contribution in [0.15, 0.2) is 34.9 Å². The highest BCUT2D eigenvalue weighted by atomic mass is 35.5. The summed E-state index contributed by atoms with van der Waals surface area (Å²) in [5.41, 5.74) is 0.757. The molecule has 0 unspecified atom stereocenters. The molecule has 3 fully saturated rings. The van der Waals surface area contributed by atoms with Gasteiger partial charge in [0.05, 0.1) is 20.3 Å². The average molecular weight is 616 g/mol. The standard InChI is InChI=1S/C29H24Cl2FN3O5S/c1-29(7-8-29)25-22(24(34-40-25)21-17(30)3-2-4-18(21)31)27(38)39-16-11-14-5-6-15(12-16)35(14)28-33-23-19(32)9-13(26(36)37)10-20(23)41-28/h2-4,9-10,14-16H,5-8,11-12H2,1H3,(H,36,37)/t14-,15+,16+. The van der Waals surface area contributed by atoms with Crippen molar-refractivity contribution in [1.29, 1.82) is 0 Å². The molecule has 8 nitrogen and oxygen atoms in total. The molecule has 2 aliphatic heterocycles. The molecule has 3 atom stereocenters. The third kappa shape index (κ3) is 4.47. The van der Waals surface area contributed by atoms with E-state index in [2.05, 4.69) is 15.0 Å². The number of hydrogen-bond acceptors (Lipinski definition) is 8. The van der Waals surface area contributed by atoms with Gasteiger partial charge in [0.2, 0.25) is 0 Å². The smallest absolute Gasteiger partial charge is 0.344 e. The number of ether oxygens (including phenoxy) is 1. The number of carboxylic acid groups (broad SMARTS) is 1. The Morgan fingerprint density at radius 2 is 1.85 bits per heavy atom. The Labute approximate surface area is 248 Å². The SMILES string of the molecule is CC1(c2onc(-c3c(Cl)cccc3Cl)c2C(=O)O[C@H]2C[C@H]3CC[C@@H](C2)N3c2nc3c(F)cc(C(=O)O)cc3s2)CC1. The van der Waals surface area contributed by atoms with Gasteiger partial charge in [-0.05, 0) is 49.9 Å². The lowest BCUT2D eigenvalue weighted by Crippen LogP contribution is -2.46. The minimum Gasteiger partial charge on any atom is -0.478 e. The van der Waals surface area contributed by atoms with E-state index in [0.29, 0.717) is 44.0 Å². The molecule has 0 spiro atoms. The van der Waals surface area contributed by atoms with Gasteiger partial charge >= 0.3 is 11.9 Å². The van der Waals surface area contributed by atoms with Crippen LogP contribution in [0.2, 0.25) is 10.0 Å². The number of aromatic carboxylic acids is 1. The minimum atomic E-state index is -1.19. The van der Waals surface area contributed by atoms with Crippen LogP contribution >= 0.6 is 34.5 Å². The molecule has 3 aliphatic rings. The first-order valence-electron chi connectivity index (χ1n) is 13.4. The summed E-state index contributed by atoms with van der Waals surface area (Å²) in [6.07, 6.45) is 4.34. The third-order valence-corrected chi connectivity index (χ3v) is 10.2. The Morgan fingerprint density at radius 1 is 1.17 bits per heavy atom. The van der Waals surface area contributed by atoms with Crippen LogP contribution in [0.1, 0.15) is 71.9 Å². The third-order valence-electron chi connectivity index (χ3n) is 8.51. The predicted molar refractivity (Wildman–Crippen MR) is 153 cm³/mol. The highest BCUT2D eigenvalue weighted by molar-refractivity contribution is 7.22. The van der Waals surface area contributed by atoms with Gasteiger partial charge in [-0.15, -0.1) is 0 Å². The molecule has 0 radical (unpaired) electrons. The van der Waals surface area contributed by atoms with Crippen LogP contribution in [0.4, 0.5) is 9.52 Å². The first-order valence-corrected chi connectivity index (χ1v) is 15.0. The lowest BCUT2D eigenvalue weighted by Gasteiger charge is -2.38. The summed E-state index contributed by atoms with van der Waals surface area (Å²) < 4.78 is 27.0. The number of carboxylic acids is 1. The topological polar surface area (TPSA) is 106 Å². The van der Waals surface area contributed by atoms with Gasteiger partial charge in [0.1, 0.15) is 22.9 Å². The van der Waals surface area contributed by atoms with Crippen LogP contribution in [0, 0.1) is 5.82 Å². The van der Waals surface area contributed by atoms with Crippen LogP contribution in [-0.4, -0.2) is 45.4 Å². The van der Waals surface area contributed by atoms with Crippen molar-refractivity contribution in [2.45, 2.75) is 69.1 Å². The summed E-state index contributed by atoms with van der Waals surface area (Å²) >= 11 is 14.2. The van der Waals surface area contributed by atoms with Crippen molar-refractivity contribution in [2.75, 3.05) is 4.90 Å². The van der Waals surface area contributed by atoms with Crippen molar-refractivity contribution in [2.24, 2.45) is 0 Å². The number of esters is 1. The molecule has 2 aromatic heterocycles. The Bertz CT molecular complexity index is 1700. The first-order chi connectivity index (χ1) is 19.6. The highest BCUT2D eigenvalue weighted by Gasteiger charge is 2.49. The Morgan fingerprint density at radius 3 is 2.49 bits per heavy atom. The van der Waals surface area contributed by atoms with E-state index in [1.165, 1.54) is 17.4 Å². The molecule has 2 saturated heterocycles. The second-order valence-corrected chi connectivity index (χ2v) is 13.1. The van der Waals surface area contributed by atoms with E-state index >= 15 is 0 Å². The molecular weight excluding hydrogens is 592 g/mol. The molecule has 12 heteroatoms. The van der Waals surface area contributed by atoms with Gasteiger partial charge in [0.25, 0.3) is 0 Å². The van der Waals surface area contributed by atoms with Gasteiger partial charge in [0, 0.05) is 35.9 Å². The van der Waals surface area contributed by atoms with Crippen molar-refractivity contribution >= 4 is 61.8 Å². The zero-order valence-corrected chi connectivity index (χ0v) is 24.2. The van der Waals surface area contributed by atoms with Crippen LogP contribution in [0.25, 0.3) is 21.5 Å². The number of thiazole rings is 1. The number of fused-ring (bicyclic) bond motifs is 3. The van der Waals surface area contributed by atoms with Crippen molar-refractivity contribution in [1.82, 2.24) is 10.1 Å². The van der Waals surface area contributed by atoms with E-state index in [4.69, 9.17) is 32.5 Å². The molecule has 0 amide bonds. The van der Waals surface area contributed by atoms with E-state index in [1.54, 1.807) is 18.2 Å². The summed E-state index contributed by atoms with van der Waals surface area (Å²) in [5, 5.41) is 14.9. The Kier molecular flexibility index (Phi) is 6.29. The Hall–Kier alpha value is -3.21. The fraction of sp³-hybridized carbons (Fsp3) is 0.379. The molecule has 4 heterocycles. The van der Waals surface area contributed by atoms with E-state index in [9.17, 15) is 19.1 Å². The van der Waals surface area contributed by atoms with Crippen molar-refractivity contribution in [3.05, 3.63) is 63.1 Å². The number of rotatable bonds is 6. The first kappa shape index (κ1) is 26.7. The Balaban J connectivity index is 1.15. The zero-order valence-electron chi connectivity index (χ0n) is 21.8. The molecular formula is C29H24Cl2FN3O5S. The molecule has 2 bridgehead atoms. The van der Waals surface area contributed by atoms with Crippen LogP contribution in [0.5, 0.6) is 0 Å². The van der Waals surface area contributed by atoms with Gasteiger partial charge in [-0.3, -0.25) is 0 Å². The van der Waals surface area contributed by atoms with Crippen LogP contribution < -0.4 is 4.90 Å². The number of piperidine rings is 1. The number of benzene rings is 2. The lowest BCUT2D eigenvalue weighted by atomic mass is 9.97. The zero-order chi connectivity index (χ0) is 28.6. The summed E-state index contributed by atoms with van der Waals surface area (Å²) in [5.74, 6) is -1.86. The van der Waals surface area contributed by atoms with Crippen LogP contribution in [0.3, 0.4) is 0 Å². The van der Waals surface area contributed by atoms with Gasteiger partial charge < -0.3 is 19.3 Å². The monoisotopic (exact) mass is 615 g/mol. The van der Waals surface area contributed by atoms with Crippen molar-refractivity contribution < 1.29 is 28.3 Å². The fourth-order valence-electron chi connectivity index (χ4n) is 6.16. The van der Waals surface area contributed by atoms with Crippen LogP contribution in [-0.2, 0) is 10.2 Å². The number of anilines is 1. The fourth-order valence-corrected chi connectivity index (χ4v) is 7.90. The maximum atomic E-state index is 14.6. The summed E-state index contributed by atoms with van der Waals surface area (Å²) in [6.45, 7) is 2.03. The summed E-state index contributed by atoms with van der Waals surface area (Å²) in [7, 11) is 0. The quantitative estimate of drug-likeness (QED) is 0.222. The van der Waals surface area contributed by atoms with E-state index in [-0.39, 0.29) is 45.9 Å². The number of aromatic nitrogens is 2. The molecule has 1 saturated carbocycles. The van der Waals surface area contributed by atoms with E-state index in [0.717, 1.165) is 31.7 Å². The minimum absolute atomic E-state index is 0.0505. The summed E-state index contributed by atoms with van der Waals surface area (Å²) in [6, 6.07) is 7.66. The second kappa shape index (κ2) is 9.68. The molecule has 1 aliphatic carbocycles. The number of carbonyl (C=O) groups is 2. The van der Waals surface area contributed by atoms with Gasteiger partial charge in [0.15, 0.2) is 16.7 Å². The highest BCUT2D eigenvalue weighted by Crippen LogP contribution is 2.51. The number of hydrogen-bond donors (Lipinski definition) is 1. The maximum Gasteiger partial charge on any atom is 0.344 e. The number of carbonyl (C=O) groups excluding carboxylic acids is 1. The molecule has 4 aromatic rings. The lowest BCUT2D eigenvalue weighted by molar-refractivity contribution is 0.0201.